The maximum Gasteiger partial charge on any atom is 0.0754 e. The minimum Gasteiger partial charge on any atom is -0.322 e. The summed E-state index contributed by atoms with van der Waals surface area (Å²) in [5, 5.41) is 7.70. The molecule has 0 saturated heterocycles. The number of rotatable bonds is 3. The molecule has 0 aliphatic carbocycles. The van der Waals surface area contributed by atoms with Gasteiger partial charge in [-0.05, 0) is 24.1 Å². The Morgan fingerprint density at radius 2 is 2.31 bits per heavy atom. The Labute approximate surface area is 103 Å². The van der Waals surface area contributed by atoms with Crippen LogP contribution in [-0.2, 0) is 13.5 Å². The monoisotopic (exact) mass is 280 g/mol. The zero-order chi connectivity index (χ0) is 11.5. The molecule has 0 aliphatic heterocycles. The molecule has 0 bridgehead atoms. The standard InChI is InChI=1S/C11H13BrN4/c1-16-11(7-14-15-16)10(13)6-8-3-2-4-9(12)5-8/h2-5,7,10H,6,13H2,1H3. The second-order valence-electron chi connectivity index (χ2n) is 3.72. The van der Waals surface area contributed by atoms with Crippen LogP contribution in [0, 0.1) is 0 Å². The highest BCUT2D eigenvalue weighted by Crippen LogP contribution is 2.17. The molecule has 0 amide bonds. The van der Waals surface area contributed by atoms with Crippen molar-refractivity contribution in [3.8, 4) is 0 Å². The van der Waals surface area contributed by atoms with Gasteiger partial charge in [0.15, 0.2) is 0 Å². The van der Waals surface area contributed by atoms with E-state index in [-0.39, 0.29) is 6.04 Å². The third-order valence-corrected chi connectivity index (χ3v) is 2.97. The van der Waals surface area contributed by atoms with Crippen molar-refractivity contribution in [3.05, 3.63) is 46.2 Å². The van der Waals surface area contributed by atoms with Gasteiger partial charge in [-0.2, -0.15) is 0 Å². The minimum absolute atomic E-state index is 0.0747. The molecule has 2 aromatic rings. The third-order valence-electron chi connectivity index (χ3n) is 2.47. The van der Waals surface area contributed by atoms with Crippen LogP contribution in [0.15, 0.2) is 34.9 Å². The van der Waals surface area contributed by atoms with Crippen LogP contribution in [0.25, 0.3) is 0 Å². The van der Waals surface area contributed by atoms with Gasteiger partial charge < -0.3 is 5.73 Å². The van der Waals surface area contributed by atoms with E-state index >= 15 is 0 Å². The number of aryl methyl sites for hydroxylation is 1. The summed E-state index contributed by atoms with van der Waals surface area (Å²) < 4.78 is 2.78. The van der Waals surface area contributed by atoms with Crippen molar-refractivity contribution in [2.24, 2.45) is 12.8 Å². The quantitative estimate of drug-likeness (QED) is 0.933. The number of hydrogen-bond donors (Lipinski definition) is 1. The first kappa shape index (κ1) is 11.3. The molecular formula is C11H13BrN4. The van der Waals surface area contributed by atoms with E-state index in [0.29, 0.717) is 0 Å². The topological polar surface area (TPSA) is 56.7 Å². The molecule has 1 aromatic carbocycles. The first-order valence-corrected chi connectivity index (χ1v) is 5.80. The van der Waals surface area contributed by atoms with Crippen molar-refractivity contribution in [2.45, 2.75) is 12.5 Å². The molecule has 0 radical (unpaired) electrons. The Morgan fingerprint density at radius 1 is 1.50 bits per heavy atom. The summed E-state index contributed by atoms with van der Waals surface area (Å²) in [6, 6.07) is 8.07. The molecule has 0 saturated carbocycles. The van der Waals surface area contributed by atoms with Gasteiger partial charge in [0.25, 0.3) is 0 Å². The third kappa shape index (κ3) is 2.48. The summed E-state index contributed by atoms with van der Waals surface area (Å²) in [4.78, 5) is 0. The van der Waals surface area contributed by atoms with Crippen LogP contribution >= 0.6 is 15.9 Å². The lowest BCUT2D eigenvalue weighted by Gasteiger charge is -2.11. The molecule has 0 fully saturated rings. The second-order valence-corrected chi connectivity index (χ2v) is 4.64. The minimum atomic E-state index is -0.0747. The molecule has 1 aromatic heterocycles. The van der Waals surface area contributed by atoms with Crippen molar-refractivity contribution in [2.75, 3.05) is 0 Å². The fraction of sp³-hybridized carbons (Fsp3) is 0.273. The largest absolute Gasteiger partial charge is 0.322 e. The second kappa shape index (κ2) is 4.76. The van der Waals surface area contributed by atoms with Crippen molar-refractivity contribution in [3.63, 3.8) is 0 Å². The molecule has 1 heterocycles. The highest BCUT2D eigenvalue weighted by Gasteiger charge is 2.11. The molecule has 1 unspecified atom stereocenters. The molecule has 1 atom stereocenters. The van der Waals surface area contributed by atoms with Crippen LogP contribution in [0.5, 0.6) is 0 Å². The van der Waals surface area contributed by atoms with Crippen molar-refractivity contribution in [1.29, 1.82) is 0 Å². The summed E-state index contributed by atoms with van der Waals surface area (Å²) in [6.07, 6.45) is 2.49. The Hall–Kier alpha value is -1.20. The van der Waals surface area contributed by atoms with Crippen molar-refractivity contribution >= 4 is 15.9 Å². The summed E-state index contributed by atoms with van der Waals surface area (Å²) in [5.41, 5.74) is 8.25. The first-order chi connectivity index (χ1) is 7.66. The van der Waals surface area contributed by atoms with Crippen LogP contribution < -0.4 is 5.73 Å². The Morgan fingerprint density at radius 3 is 2.94 bits per heavy atom. The lowest BCUT2D eigenvalue weighted by Crippen LogP contribution is -2.17. The van der Waals surface area contributed by atoms with E-state index in [4.69, 9.17) is 5.73 Å². The molecule has 2 N–H and O–H groups in total. The van der Waals surface area contributed by atoms with E-state index < -0.39 is 0 Å². The molecule has 16 heavy (non-hydrogen) atoms. The Bertz CT molecular complexity index is 480. The molecule has 5 heteroatoms. The maximum atomic E-state index is 6.11. The lowest BCUT2D eigenvalue weighted by molar-refractivity contribution is 0.607. The van der Waals surface area contributed by atoms with Crippen LogP contribution in [0.3, 0.4) is 0 Å². The van der Waals surface area contributed by atoms with Crippen LogP contribution in [-0.4, -0.2) is 15.0 Å². The van der Waals surface area contributed by atoms with Gasteiger partial charge in [0.05, 0.1) is 17.9 Å². The lowest BCUT2D eigenvalue weighted by atomic mass is 10.0. The maximum absolute atomic E-state index is 6.11. The summed E-state index contributed by atoms with van der Waals surface area (Å²) in [6.45, 7) is 0. The molecule has 84 valence electrons. The number of benzene rings is 1. The first-order valence-electron chi connectivity index (χ1n) is 5.01. The van der Waals surface area contributed by atoms with Gasteiger partial charge in [0.1, 0.15) is 0 Å². The number of halogens is 1. The highest BCUT2D eigenvalue weighted by atomic mass is 79.9. The van der Waals surface area contributed by atoms with E-state index in [1.165, 1.54) is 5.56 Å². The van der Waals surface area contributed by atoms with E-state index in [1.54, 1.807) is 10.9 Å². The summed E-state index contributed by atoms with van der Waals surface area (Å²) >= 11 is 3.44. The molecule has 0 spiro atoms. The summed E-state index contributed by atoms with van der Waals surface area (Å²) in [5.74, 6) is 0. The average Bonchev–Trinajstić information content (AvgIpc) is 2.64. The fourth-order valence-corrected chi connectivity index (χ4v) is 2.10. The SMILES string of the molecule is Cn1nncc1C(N)Cc1cccc(Br)c1. The van der Waals surface area contributed by atoms with E-state index in [2.05, 4.69) is 38.4 Å². The smallest absolute Gasteiger partial charge is 0.0754 e. The number of aromatic nitrogens is 3. The predicted octanol–water partition coefficient (Wildman–Crippen LogP) is 1.82. The fourth-order valence-electron chi connectivity index (χ4n) is 1.66. The van der Waals surface area contributed by atoms with Crippen molar-refractivity contribution in [1.82, 2.24) is 15.0 Å². The Kier molecular flexibility index (Phi) is 3.36. The zero-order valence-corrected chi connectivity index (χ0v) is 10.6. The normalized spacial score (nSPS) is 12.7. The number of nitrogens with two attached hydrogens (primary N) is 1. The molecule has 0 aliphatic rings. The van der Waals surface area contributed by atoms with Gasteiger partial charge in [-0.25, -0.2) is 0 Å². The van der Waals surface area contributed by atoms with Gasteiger partial charge >= 0.3 is 0 Å². The molecular weight excluding hydrogens is 268 g/mol. The van der Waals surface area contributed by atoms with Gasteiger partial charge in [-0.15, -0.1) is 5.10 Å². The van der Waals surface area contributed by atoms with E-state index in [0.717, 1.165) is 16.6 Å². The van der Waals surface area contributed by atoms with Crippen LogP contribution in [0.4, 0.5) is 0 Å². The van der Waals surface area contributed by atoms with Crippen LogP contribution in [0.2, 0.25) is 0 Å². The van der Waals surface area contributed by atoms with Gasteiger partial charge in [0.2, 0.25) is 0 Å². The molecule has 4 nitrogen and oxygen atoms in total. The highest BCUT2D eigenvalue weighted by molar-refractivity contribution is 9.10. The number of hydrogen-bond acceptors (Lipinski definition) is 3. The number of nitrogens with zero attached hydrogens (tertiary/aromatic N) is 3. The van der Waals surface area contributed by atoms with Crippen molar-refractivity contribution < 1.29 is 0 Å². The zero-order valence-electron chi connectivity index (χ0n) is 8.97. The van der Waals surface area contributed by atoms with Gasteiger partial charge in [-0.1, -0.05) is 33.3 Å². The summed E-state index contributed by atoms with van der Waals surface area (Å²) in [7, 11) is 1.85. The van der Waals surface area contributed by atoms with Gasteiger partial charge in [0, 0.05) is 11.5 Å². The van der Waals surface area contributed by atoms with E-state index in [9.17, 15) is 0 Å². The van der Waals surface area contributed by atoms with E-state index in [1.807, 2.05) is 19.2 Å². The van der Waals surface area contributed by atoms with Crippen LogP contribution in [0.1, 0.15) is 17.3 Å². The molecule has 2 rings (SSSR count). The predicted molar refractivity (Wildman–Crippen MR) is 65.8 cm³/mol. The average molecular weight is 281 g/mol. The van der Waals surface area contributed by atoms with Gasteiger partial charge in [-0.3, -0.25) is 4.68 Å². The Balaban J connectivity index is 2.14.